The topological polar surface area (TPSA) is 33.1 Å². The Hall–Kier alpha value is -2.33. The number of benzene rings is 2. The molecule has 1 aromatic heterocycles. The van der Waals surface area contributed by atoms with Crippen molar-refractivity contribution >= 4 is 10.8 Å². The van der Waals surface area contributed by atoms with Crippen molar-refractivity contribution in [2.24, 2.45) is 0 Å². The van der Waals surface area contributed by atoms with Gasteiger partial charge in [0.1, 0.15) is 0 Å². The highest BCUT2D eigenvalue weighted by molar-refractivity contribution is 5.85. The van der Waals surface area contributed by atoms with E-state index in [2.05, 4.69) is 4.98 Å². The Balaban J connectivity index is 1.97. The maximum atomic E-state index is 13.7. The van der Waals surface area contributed by atoms with Crippen LogP contribution < -0.4 is 0 Å². The van der Waals surface area contributed by atoms with Crippen molar-refractivity contribution in [3.8, 4) is 0 Å². The van der Waals surface area contributed by atoms with Crippen molar-refractivity contribution in [2.45, 2.75) is 12.5 Å². The number of aliphatic hydroxyl groups is 1. The standard InChI is InChI=1S/C17H13F2NO/c18-15-6-2-3-11(17(15)19)9-16(21)14-5-1-4-12-10-20-8-7-13(12)14/h1-8,10,16,21H,9H2. The van der Waals surface area contributed by atoms with Gasteiger partial charge in [-0.3, -0.25) is 4.98 Å². The van der Waals surface area contributed by atoms with E-state index in [1.54, 1.807) is 24.5 Å². The molecule has 3 aromatic rings. The lowest BCUT2D eigenvalue weighted by molar-refractivity contribution is 0.178. The van der Waals surface area contributed by atoms with Gasteiger partial charge in [0.05, 0.1) is 6.10 Å². The maximum absolute atomic E-state index is 13.7. The first-order chi connectivity index (χ1) is 10.2. The Morgan fingerprint density at radius 3 is 2.71 bits per heavy atom. The van der Waals surface area contributed by atoms with Gasteiger partial charge in [0, 0.05) is 24.2 Å². The molecular formula is C17H13F2NO. The van der Waals surface area contributed by atoms with Gasteiger partial charge in [-0.05, 0) is 28.6 Å². The van der Waals surface area contributed by atoms with Crippen LogP contribution in [0.3, 0.4) is 0 Å². The van der Waals surface area contributed by atoms with Crippen LogP contribution in [0.4, 0.5) is 8.78 Å². The average molecular weight is 285 g/mol. The van der Waals surface area contributed by atoms with Crippen molar-refractivity contribution in [2.75, 3.05) is 0 Å². The molecule has 0 saturated heterocycles. The molecule has 2 nitrogen and oxygen atoms in total. The summed E-state index contributed by atoms with van der Waals surface area (Å²) < 4.78 is 26.9. The largest absolute Gasteiger partial charge is 0.388 e. The van der Waals surface area contributed by atoms with Crippen LogP contribution in [0.25, 0.3) is 10.8 Å². The smallest absolute Gasteiger partial charge is 0.162 e. The molecule has 0 saturated carbocycles. The lowest BCUT2D eigenvalue weighted by atomic mass is 9.97. The summed E-state index contributed by atoms with van der Waals surface area (Å²) in [6, 6.07) is 11.3. The van der Waals surface area contributed by atoms with Crippen LogP contribution in [0, 0.1) is 11.6 Å². The molecule has 0 aliphatic heterocycles. The molecule has 1 atom stereocenters. The zero-order valence-corrected chi connectivity index (χ0v) is 11.1. The van der Waals surface area contributed by atoms with E-state index in [1.165, 1.54) is 12.1 Å². The molecule has 2 aromatic carbocycles. The van der Waals surface area contributed by atoms with E-state index >= 15 is 0 Å². The number of nitrogens with zero attached hydrogens (tertiary/aromatic N) is 1. The van der Waals surface area contributed by atoms with Gasteiger partial charge in [0.2, 0.25) is 0 Å². The molecule has 1 N–H and O–H groups in total. The fourth-order valence-corrected chi connectivity index (χ4v) is 2.46. The van der Waals surface area contributed by atoms with Crippen molar-refractivity contribution in [1.29, 1.82) is 0 Å². The lowest BCUT2D eigenvalue weighted by Crippen LogP contribution is -2.05. The summed E-state index contributed by atoms with van der Waals surface area (Å²) in [6.07, 6.45) is 2.45. The van der Waals surface area contributed by atoms with Crippen LogP contribution in [0.5, 0.6) is 0 Å². The van der Waals surface area contributed by atoms with Crippen LogP contribution in [-0.2, 0) is 6.42 Å². The Morgan fingerprint density at radius 2 is 1.86 bits per heavy atom. The van der Waals surface area contributed by atoms with Gasteiger partial charge in [0.15, 0.2) is 11.6 Å². The molecule has 1 heterocycles. The number of hydrogen-bond acceptors (Lipinski definition) is 2. The summed E-state index contributed by atoms with van der Waals surface area (Å²) >= 11 is 0. The molecule has 106 valence electrons. The molecule has 0 bridgehead atoms. The SMILES string of the molecule is OC(Cc1cccc(F)c1F)c1cccc2cnccc12. The number of hydrogen-bond donors (Lipinski definition) is 1. The molecule has 21 heavy (non-hydrogen) atoms. The lowest BCUT2D eigenvalue weighted by Gasteiger charge is -2.14. The zero-order valence-electron chi connectivity index (χ0n) is 11.1. The second-order valence-corrected chi connectivity index (χ2v) is 4.88. The van der Waals surface area contributed by atoms with Crippen molar-refractivity contribution in [1.82, 2.24) is 4.98 Å². The van der Waals surface area contributed by atoms with Crippen LogP contribution in [-0.4, -0.2) is 10.1 Å². The van der Waals surface area contributed by atoms with E-state index in [1.807, 2.05) is 12.1 Å². The van der Waals surface area contributed by atoms with Crippen LogP contribution >= 0.6 is 0 Å². The minimum Gasteiger partial charge on any atom is -0.388 e. The number of aliphatic hydroxyl groups excluding tert-OH is 1. The fraction of sp³-hybridized carbons (Fsp3) is 0.118. The van der Waals surface area contributed by atoms with Gasteiger partial charge in [-0.2, -0.15) is 0 Å². The van der Waals surface area contributed by atoms with E-state index in [-0.39, 0.29) is 12.0 Å². The minimum absolute atomic E-state index is 0.0189. The second-order valence-electron chi connectivity index (χ2n) is 4.88. The van der Waals surface area contributed by atoms with Crippen molar-refractivity contribution in [3.63, 3.8) is 0 Å². The molecule has 0 aliphatic carbocycles. The molecule has 0 spiro atoms. The number of pyridine rings is 1. The van der Waals surface area contributed by atoms with Gasteiger partial charge in [-0.1, -0.05) is 30.3 Å². The first-order valence-corrected chi connectivity index (χ1v) is 6.60. The molecule has 0 fully saturated rings. The number of fused-ring (bicyclic) bond motifs is 1. The highest BCUT2D eigenvalue weighted by atomic mass is 19.2. The fourth-order valence-electron chi connectivity index (χ4n) is 2.46. The van der Waals surface area contributed by atoms with E-state index in [0.29, 0.717) is 5.56 Å². The predicted octanol–water partition coefficient (Wildman–Crippen LogP) is 3.79. The summed E-state index contributed by atoms with van der Waals surface area (Å²) in [7, 11) is 0. The summed E-state index contributed by atoms with van der Waals surface area (Å²) in [6.45, 7) is 0. The monoisotopic (exact) mass is 285 g/mol. The molecule has 0 radical (unpaired) electrons. The third kappa shape index (κ3) is 2.62. The van der Waals surface area contributed by atoms with Gasteiger partial charge in [-0.25, -0.2) is 8.78 Å². The molecule has 4 heteroatoms. The first kappa shape index (κ1) is 13.6. The zero-order chi connectivity index (χ0) is 14.8. The van der Waals surface area contributed by atoms with Crippen molar-refractivity contribution in [3.05, 3.63) is 77.6 Å². The summed E-state index contributed by atoms with van der Waals surface area (Å²) in [5.41, 5.74) is 0.840. The van der Waals surface area contributed by atoms with Crippen LogP contribution in [0.15, 0.2) is 54.9 Å². The van der Waals surface area contributed by atoms with E-state index in [4.69, 9.17) is 0 Å². The normalized spacial score (nSPS) is 12.5. The Labute approximate surface area is 120 Å². The molecule has 0 amide bonds. The third-order valence-electron chi connectivity index (χ3n) is 3.52. The van der Waals surface area contributed by atoms with Gasteiger partial charge in [-0.15, -0.1) is 0 Å². The van der Waals surface area contributed by atoms with Gasteiger partial charge >= 0.3 is 0 Å². The van der Waals surface area contributed by atoms with Crippen LogP contribution in [0.2, 0.25) is 0 Å². The molecule has 0 aliphatic rings. The Morgan fingerprint density at radius 1 is 1.05 bits per heavy atom. The number of halogens is 2. The second kappa shape index (κ2) is 5.58. The van der Waals surface area contributed by atoms with E-state index < -0.39 is 17.7 Å². The summed E-state index contributed by atoms with van der Waals surface area (Å²) in [5.74, 6) is -1.81. The number of rotatable bonds is 3. The van der Waals surface area contributed by atoms with E-state index in [9.17, 15) is 13.9 Å². The van der Waals surface area contributed by atoms with Gasteiger partial charge < -0.3 is 5.11 Å². The summed E-state index contributed by atoms with van der Waals surface area (Å²) in [5, 5.41) is 12.1. The van der Waals surface area contributed by atoms with Crippen LogP contribution in [0.1, 0.15) is 17.2 Å². The highest BCUT2D eigenvalue weighted by Gasteiger charge is 2.15. The first-order valence-electron chi connectivity index (χ1n) is 6.60. The quantitative estimate of drug-likeness (QED) is 0.794. The maximum Gasteiger partial charge on any atom is 0.162 e. The average Bonchev–Trinajstić information content (AvgIpc) is 2.51. The number of aromatic nitrogens is 1. The summed E-state index contributed by atoms with van der Waals surface area (Å²) in [4.78, 5) is 4.03. The minimum atomic E-state index is -0.910. The van der Waals surface area contributed by atoms with E-state index in [0.717, 1.165) is 16.8 Å². The highest BCUT2D eigenvalue weighted by Crippen LogP contribution is 2.27. The Bertz CT molecular complexity index is 783. The van der Waals surface area contributed by atoms with Crippen molar-refractivity contribution < 1.29 is 13.9 Å². The molecule has 3 rings (SSSR count). The molecular weight excluding hydrogens is 272 g/mol. The predicted molar refractivity (Wildman–Crippen MR) is 76.8 cm³/mol. The third-order valence-corrected chi connectivity index (χ3v) is 3.52. The molecule has 1 unspecified atom stereocenters. The van der Waals surface area contributed by atoms with Gasteiger partial charge in [0.25, 0.3) is 0 Å². The Kier molecular flexibility index (Phi) is 3.62.